The molecule has 0 amide bonds. The van der Waals surface area contributed by atoms with E-state index in [9.17, 15) is 30.0 Å². The first-order valence-electron chi connectivity index (χ1n) is 11.5. The summed E-state index contributed by atoms with van der Waals surface area (Å²) in [7, 11) is -8.45. The Labute approximate surface area is 221 Å². The highest BCUT2D eigenvalue weighted by Crippen LogP contribution is 2.36. The summed E-state index contributed by atoms with van der Waals surface area (Å²) in [4.78, 5) is 6.73. The molecule has 19 heteroatoms. The van der Waals surface area contributed by atoms with Crippen LogP contribution in [0.3, 0.4) is 0 Å². The first kappa shape index (κ1) is 28.7. The zero-order valence-corrected chi connectivity index (χ0v) is 21.8. The first-order chi connectivity index (χ1) is 18.4. The summed E-state index contributed by atoms with van der Waals surface area (Å²) >= 11 is 0. The molecule has 1 atom stereocenters. The van der Waals surface area contributed by atoms with Gasteiger partial charge in [-0.15, -0.1) is 0 Å². The summed E-state index contributed by atoms with van der Waals surface area (Å²) < 4.78 is 103. The Bertz CT molecular complexity index is 1450. The van der Waals surface area contributed by atoms with Crippen LogP contribution in [0.4, 0.5) is 19.1 Å². The monoisotopic (exact) mass is 594 g/mol. The number of alkyl halides is 3. The molecule has 2 aromatic heterocycles. The summed E-state index contributed by atoms with van der Waals surface area (Å²) in [6.07, 6.45) is -0.822. The zero-order chi connectivity index (χ0) is 28.4. The molecule has 0 spiro atoms. The maximum atomic E-state index is 13.4. The van der Waals surface area contributed by atoms with Gasteiger partial charge in [-0.1, -0.05) is 0 Å². The van der Waals surface area contributed by atoms with Crippen LogP contribution in [0.2, 0.25) is 0 Å². The van der Waals surface area contributed by atoms with E-state index in [2.05, 4.69) is 20.4 Å². The Hall–Kier alpha value is -3.29. The molecular weight excluding hydrogens is 569 g/mol. The van der Waals surface area contributed by atoms with Crippen molar-refractivity contribution in [3.63, 3.8) is 0 Å². The van der Waals surface area contributed by atoms with Crippen molar-refractivity contribution >= 4 is 32.2 Å². The standard InChI is InChI=1S/C20H25F3N8O6S2/c21-20(22,23)17-10-26-19(29-18(17)37-14-3-6-36-12-14)28-13-1-4-30(5-2-13)38(32,33)16-9-27-31(11-16)39(34,35)15(7-24)8-25/h7-11,13-14,24H,1-6,12,25H2,(H,26,28,29)/t14-/m0/s1. The quantitative estimate of drug-likeness (QED) is 0.347. The molecule has 4 heterocycles. The van der Waals surface area contributed by atoms with Crippen LogP contribution in [0, 0.1) is 5.41 Å². The number of allylic oxidation sites excluding steroid dienone is 1. The summed E-state index contributed by atoms with van der Waals surface area (Å²) in [6.45, 7) is 0.566. The van der Waals surface area contributed by atoms with E-state index in [-0.39, 0.29) is 49.4 Å². The highest BCUT2D eigenvalue weighted by Gasteiger charge is 2.38. The summed E-state index contributed by atoms with van der Waals surface area (Å²) in [5.74, 6) is -0.710. The number of nitrogens with two attached hydrogens (primary N) is 1. The van der Waals surface area contributed by atoms with E-state index < -0.39 is 48.7 Å². The number of piperidine rings is 1. The minimum Gasteiger partial charge on any atom is -0.471 e. The van der Waals surface area contributed by atoms with E-state index >= 15 is 0 Å². The van der Waals surface area contributed by atoms with E-state index in [0.29, 0.717) is 35.7 Å². The number of aromatic nitrogens is 4. The van der Waals surface area contributed by atoms with Crippen molar-refractivity contribution in [3.8, 4) is 5.88 Å². The molecule has 2 aromatic rings. The third kappa shape index (κ3) is 6.15. The van der Waals surface area contributed by atoms with Crippen molar-refractivity contribution in [1.29, 1.82) is 5.41 Å². The van der Waals surface area contributed by atoms with Gasteiger partial charge in [-0.05, 0) is 12.8 Å². The maximum Gasteiger partial charge on any atom is 0.423 e. The van der Waals surface area contributed by atoms with Crippen molar-refractivity contribution in [3.05, 3.63) is 35.3 Å². The third-order valence-corrected chi connectivity index (χ3v) is 9.43. The van der Waals surface area contributed by atoms with Crippen molar-refractivity contribution in [2.75, 3.05) is 31.6 Å². The van der Waals surface area contributed by atoms with E-state index in [1.54, 1.807) is 0 Å². The number of halogens is 3. The van der Waals surface area contributed by atoms with Crippen molar-refractivity contribution in [1.82, 2.24) is 23.5 Å². The van der Waals surface area contributed by atoms with Crippen LogP contribution in [-0.4, -0.2) is 85.0 Å². The fraction of sp³-hybridized carbons (Fsp3) is 0.500. The van der Waals surface area contributed by atoms with Gasteiger partial charge in [0.15, 0.2) is 0 Å². The largest absolute Gasteiger partial charge is 0.471 e. The Morgan fingerprint density at radius 1 is 1.21 bits per heavy atom. The topological polar surface area (TPSA) is 195 Å². The lowest BCUT2D eigenvalue weighted by atomic mass is 10.1. The molecule has 2 saturated heterocycles. The number of rotatable bonds is 9. The van der Waals surface area contributed by atoms with E-state index in [4.69, 9.17) is 20.6 Å². The maximum absolute atomic E-state index is 13.4. The van der Waals surface area contributed by atoms with E-state index in [1.807, 2.05) is 0 Å². The molecule has 0 unspecified atom stereocenters. The predicted molar refractivity (Wildman–Crippen MR) is 130 cm³/mol. The smallest absolute Gasteiger partial charge is 0.423 e. The molecule has 4 N–H and O–H groups in total. The van der Waals surface area contributed by atoms with E-state index in [0.717, 1.165) is 16.7 Å². The molecule has 4 rings (SSSR count). The molecule has 2 fully saturated rings. The lowest BCUT2D eigenvalue weighted by Gasteiger charge is -2.31. The molecule has 0 aromatic carbocycles. The third-order valence-electron chi connectivity index (χ3n) is 6.04. The van der Waals surface area contributed by atoms with Crippen LogP contribution in [0.1, 0.15) is 24.8 Å². The van der Waals surface area contributed by atoms with Crippen molar-refractivity contribution in [2.24, 2.45) is 5.73 Å². The SMILES string of the molecule is N=CC(=CN)S(=O)(=O)n1cc(S(=O)(=O)N2CCC(Nc3ncc(C(F)(F)F)c(O[C@H]4CCOC4)n3)CC2)cn1. The zero-order valence-electron chi connectivity index (χ0n) is 20.2. The fourth-order valence-electron chi connectivity index (χ4n) is 3.93. The molecular formula is C20H25F3N8O6S2. The number of nitrogens with one attached hydrogen (secondary N) is 2. The van der Waals surface area contributed by atoms with Crippen LogP contribution in [0.15, 0.2) is 34.6 Å². The lowest BCUT2D eigenvalue weighted by Crippen LogP contribution is -2.42. The second-order valence-corrected chi connectivity index (χ2v) is 12.3. The second-order valence-electron chi connectivity index (χ2n) is 8.60. The molecule has 0 radical (unpaired) electrons. The van der Waals surface area contributed by atoms with Gasteiger partial charge in [0, 0.05) is 44.2 Å². The number of ether oxygens (including phenoxy) is 2. The molecule has 39 heavy (non-hydrogen) atoms. The Balaban J connectivity index is 1.43. The van der Waals surface area contributed by atoms with Crippen LogP contribution >= 0.6 is 0 Å². The molecule has 0 saturated carbocycles. The molecule has 2 aliphatic heterocycles. The van der Waals surface area contributed by atoms with Crippen LogP contribution in [0.25, 0.3) is 0 Å². The van der Waals surface area contributed by atoms with Gasteiger partial charge < -0.3 is 25.9 Å². The Morgan fingerprint density at radius 3 is 2.51 bits per heavy atom. The summed E-state index contributed by atoms with van der Waals surface area (Å²) in [5, 5.41) is 13.7. The van der Waals surface area contributed by atoms with Gasteiger partial charge in [0.05, 0.1) is 25.6 Å². The summed E-state index contributed by atoms with van der Waals surface area (Å²) in [5.41, 5.74) is 4.11. The normalized spacial score (nSPS) is 20.2. The van der Waals surface area contributed by atoms with Gasteiger partial charge in [0.1, 0.15) is 21.5 Å². The van der Waals surface area contributed by atoms with Gasteiger partial charge in [0.2, 0.25) is 21.9 Å². The van der Waals surface area contributed by atoms with Gasteiger partial charge in [0.25, 0.3) is 10.0 Å². The summed E-state index contributed by atoms with van der Waals surface area (Å²) in [6, 6.07) is -0.358. The molecule has 0 bridgehead atoms. The Morgan fingerprint density at radius 2 is 1.92 bits per heavy atom. The van der Waals surface area contributed by atoms with Crippen LogP contribution in [-0.2, 0) is 31.0 Å². The van der Waals surface area contributed by atoms with Crippen LogP contribution < -0.4 is 15.8 Å². The predicted octanol–water partition coefficient (Wildman–Crippen LogP) is 0.752. The molecule has 214 valence electrons. The highest BCUT2D eigenvalue weighted by molar-refractivity contribution is 7.94. The van der Waals surface area contributed by atoms with Gasteiger partial charge >= 0.3 is 6.18 Å². The van der Waals surface area contributed by atoms with Gasteiger partial charge in [-0.3, -0.25) is 0 Å². The molecule has 0 aliphatic carbocycles. The van der Waals surface area contributed by atoms with Crippen molar-refractivity contribution < 1.29 is 39.5 Å². The lowest BCUT2D eigenvalue weighted by molar-refractivity contribution is -0.139. The minimum absolute atomic E-state index is 0.0236. The van der Waals surface area contributed by atoms with Crippen molar-refractivity contribution in [2.45, 2.75) is 42.5 Å². The van der Waals surface area contributed by atoms with Crippen LogP contribution in [0.5, 0.6) is 5.88 Å². The van der Waals surface area contributed by atoms with Gasteiger partial charge in [-0.2, -0.15) is 40.1 Å². The average molecular weight is 595 g/mol. The number of hydrogen-bond acceptors (Lipinski definition) is 12. The minimum atomic E-state index is -4.72. The number of nitrogens with zero attached hydrogens (tertiary/aromatic N) is 5. The first-order valence-corrected chi connectivity index (χ1v) is 14.4. The molecule has 14 nitrogen and oxygen atoms in total. The number of sulfonamides is 1. The number of hydrogen-bond donors (Lipinski definition) is 3. The highest BCUT2D eigenvalue weighted by atomic mass is 32.2. The second kappa shape index (κ2) is 11.1. The Kier molecular flexibility index (Phi) is 8.14. The van der Waals surface area contributed by atoms with Gasteiger partial charge in [-0.25, -0.2) is 13.4 Å². The van der Waals surface area contributed by atoms with E-state index in [1.165, 1.54) is 0 Å². The number of anilines is 1. The average Bonchev–Trinajstić information content (AvgIpc) is 3.58. The fourth-order valence-corrected chi connectivity index (χ4v) is 6.36. The molecule has 2 aliphatic rings.